The second kappa shape index (κ2) is 9.44. The molecule has 34 heavy (non-hydrogen) atoms. The predicted octanol–water partition coefficient (Wildman–Crippen LogP) is 2.10. The van der Waals surface area contributed by atoms with Crippen LogP contribution in [-0.2, 0) is 26.0 Å². The fourth-order valence-electron chi connectivity index (χ4n) is 3.60. The molecule has 0 bridgehead atoms. The molecule has 2 aliphatic rings. The van der Waals surface area contributed by atoms with Gasteiger partial charge in [-0.2, -0.15) is 0 Å². The van der Waals surface area contributed by atoms with Gasteiger partial charge >= 0.3 is 0 Å². The van der Waals surface area contributed by atoms with Gasteiger partial charge in [-0.15, -0.1) is 0 Å². The van der Waals surface area contributed by atoms with Crippen LogP contribution in [0, 0.1) is 5.92 Å². The topological polar surface area (TPSA) is 133 Å². The van der Waals surface area contributed by atoms with Crippen LogP contribution in [-0.4, -0.2) is 54.7 Å². The maximum Gasteiger partial charge on any atom is 0.267 e. The van der Waals surface area contributed by atoms with Gasteiger partial charge in [0.25, 0.3) is 15.9 Å². The van der Waals surface area contributed by atoms with Gasteiger partial charge in [0.15, 0.2) is 0 Å². The standard InChI is InChI=1S/C22H21Cl2N3O6S/c23-14-1-6-19(28)12(8-14)7-13-10-25-20(29)11-27(22(13)31)34(32,33)16-4-5-18(24)17(9-16)21(30)26-15-2-3-15/h1,4-6,8-9,13,15,28H,2-3,7,10-11H2,(H,25,29)(H,26,30). The van der Waals surface area contributed by atoms with Crippen LogP contribution in [0.1, 0.15) is 28.8 Å². The summed E-state index contributed by atoms with van der Waals surface area (Å²) in [5, 5.41) is 15.8. The van der Waals surface area contributed by atoms with Gasteiger partial charge in [0, 0.05) is 17.6 Å². The van der Waals surface area contributed by atoms with Crippen molar-refractivity contribution < 1.29 is 27.9 Å². The molecule has 1 aliphatic carbocycles. The van der Waals surface area contributed by atoms with Gasteiger partial charge in [0.2, 0.25) is 11.8 Å². The first-order chi connectivity index (χ1) is 16.1. The van der Waals surface area contributed by atoms with Crippen LogP contribution in [0.3, 0.4) is 0 Å². The molecule has 3 N–H and O–H groups in total. The molecule has 1 atom stereocenters. The van der Waals surface area contributed by atoms with Gasteiger partial charge in [-0.25, -0.2) is 12.7 Å². The van der Waals surface area contributed by atoms with Gasteiger partial charge in [-0.1, -0.05) is 23.2 Å². The number of aromatic hydroxyl groups is 1. The van der Waals surface area contributed by atoms with Crippen LogP contribution in [0.5, 0.6) is 5.75 Å². The molecule has 2 aromatic carbocycles. The zero-order valence-electron chi connectivity index (χ0n) is 17.8. The molecular formula is C22H21Cl2N3O6S. The smallest absolute Gasteiger partial charge is 0.267 e. The summed E-state index contributed by atoms with van der Waals surface area (Å²) >= 11 is 12.1. The number of carbonyl (C=O) groups is 3. The normalized spacial score (nSPS) is 18.9. The van der Waals surface area contributed by atoms with E-state index >= 15 is 0 Å². The first-order valence-corrected chi connectivity index (χ1v) is 12.7. The van der Waals surface area contributed by atoms with E-state index in [2.05, 4.69) is 10.6 Å². The lowest BCUT2D eigenvalue weighted by atomic mass is 9.98. The Balaban J connectivity index is 1.65. The molecule has 1 heterocycles. The summed E-state index contributed by atoms with van der Waals surface area (Å²) in [5.41, 5.74) is 0.298. The SMILES string of the molecule is O=C1CN(S(=O)(=O)c2ccc(Cl)c(C(=O)NC3CC3)c2)C(=O)C(Cc2cc(Cl)ccc2O)CN1. The first kappa shape index (κ1) is 24.3. The minimum Gasteiger partial charge on any atom is -0.508 e. The van der Waals surface area contributed by atoms with E-state index in [0.29, 0.717) is 14.9 Å². The lowest BCUT2D eigenvalue weighted by Gasteiger charge is -2.23. The number of halogens is 2. The van der Waals surface area contributed by atoms with E-state index in [-0.39, 0.29) is 40.2 Å². The second-order valence-electron chi connectivity index (χ2n) is 8.22. The molecule has 0 radical (unpaired) electrons. The summed E-state index contributed by atoms with van der Waals surface area (Å²) in [7, 11) is -4.50. The van der Waals surface area contributed by atoms with Crippen molar-refractivity contribution in [1.82, 2.24) is 14.9 Å². The Bertz CT molecular complexity index is 1280. The van der Waals surface area contributed by atoms with Crippen LogP contribution in [0.25, 0.3) is 0 Å². The van der Waals surface area contributed by atoms with Gasteiger partial charge in [-0.3, -0.25) is 14.4 Å². The average Bonchev–Trinajstić information content (AvgIpc) is 3.61. The highest BCUT2D eigenvalue weighted by atomic mass is 35.5. The van der Waals surface area contributed by atoms with Crippen molar-refractivity contribution in [3.05, 3.63) is 57.6 Å². The van der Waals surface area contributed by atoms with E-state index in [0.717, 1.165) is 18.9 Å². The van der Waals surface area contributed by atoms with E-state index in [1.54, 1.807) is 0 Å². The van der Waals surface area contributed by atoms with Crippen molar-refractivity contribution in [2.45, 2.75) is 30.2 Å². The highest BCUT2D eigenvalue weighted by molar-refractivity contribution is 7.89. The van der Waals surface area contributed by atoms with Crippen LogP contribution >= 0.6 is 23.2 Å². The number of hydrogen-bond acceptors (Lipinski definition) is 6. The number of sulfonamides is 1. The predicted molar refractivity (Wildman–Crippen MR) is 124 cm³/mol. The number of phenolic OH excluding ortho intramolecular Hbond substituents is 1. The van der Waals surface area contributed by atoms with E-state index in [1.807, 2.05) is 0 Å². The first-order valence-electron chi connectivity index (χ1n) is 10.5. The van der Waals surface area contributed by atoms with Crippen molar-refractivity contribution in [1.29, 1.82) is 0 Å². The third-order valence-corrected chi connectivity index (χ3v) is 7.92. The van der Waals surface area contributed by atoms with E-state index in [1.165, 1.54) is 30.3 Å². The summed E-state index contributed by atoms with van der Waals surface area (Å²) in [5.74, 6) is -3.08. The minimum absolute atomic E-state index is 0.0309. The van der Waals surface area contributed by atoms with Crippen LogP contribution in [0.15, 0.2) is 41.3 Å². The molecule has 4 rings (SSSR count). The fourth-order valence-corrected chi connectivity index (χ4v) is 5.43. The Morgan fingerprint density at radius 1 is 1.15 bits per heavy atom. The van der Waals surface area contributed by atoms with E-state index in [9.17, 15) is 27.9 Å². The Hall–Kier alpha value is -2.82. The van der Waals surface area contributed by atoms with Crippen molar-refractivity contribution in [2.24, 2.45) is 5.92 Å². The van der Waals surface area contributed by atoms with Crippen molar-refractivity contribution >= 4 is 50.9 Å². The number of benzene rings is 2. The monoisotopic (exact) mass is 525 g/mol. The molecule has 9 nitrogen and oxygen atoms in total. The van der Waals surface area contributed by atoms with Crippen LogP contribution in [0.4, 0.5) is 0 Å². The Morgan fingerprint density at radius 3 is 2.59 bits per heavy atom. The molecule has 2 aromatic rings. The van der Waals surface area contributed by atoms with Crippen LogP contribution < -0.4 is 10.6 Å². The molecule has 0 aromatic heterocycles. The molecule has 3 amide bonds. The highest BCUT2D eigenvalue weighted by Crippen LogP contribution is 2.29. The summed E-state index contributed by atoms with van der Waals surface area (Å²) in [4.78, 5) is 37.7. The Morgan fingerprint density at radius 2 is 1.88 bits per heavy atom. The highest BCUT2D eigenvalue weighted by Gasteiger charge is 2.39. The van der Waals surface area contributed by atoms with Crippen molar-refractivity contribution in [2.75, 3.05) is 13.1 Å². The van der Waals surface area contributed by atoms with E-state index in [4.69, 9.17) is 23.2 Å². The summed E-state index contributed by atoms with van der Waals surface area (Å²) in [6.07, 6.45) is 1.62. The second-order valence-corrected chi connectivity index (χ2v) is 10.9. The molecule has 1 unspecified atom stereocenters. The number of amides is 3. The zero-order valence-corrected chi connectivity index (χ0v) is 20.1. The fraction of sp³-hybridized carbons (Fsp3) is 0.318. The Kier molecular flexibility index (Phi) is 6.75. The van der Waals surface area contributed by atoms with Gasteiger partial charge < -0.3 is 15.7 Å². The maximum absolute atomic E-state index is 13.4. The quantitative estimate of drug-likeness (QED) is 0.528. The number of nitrogens with zero attached hydrogens (tertiary/aromatic N) is 1. The molecule has 1 aliphatic heterocycles. The van der Waals surface area contributed by atoms with E-state index < -0.39 is 40.2 Å². The maximum atomic E-state index is 13.4. The summed E-state index contributed by atoms with van der Waals surface area (Å²) < 4.78 is 27.3. The molecule has 2 fully saturated rings. The largest absolute Gasteiger partial charge is 0.508 e. The Labute approximate surface area is 206 Å². The summed E-state index contributed by atoms with van der Waals surface area (Å²) in [6.45, 7) is -0.837. The zero-order chi connectivity index (χ0) is 24.6. The molecule has 0 spiro atoms. The molecule has 12 heteroatoms. The van der Waals surface area contributed by atoms with Gasteiger partial charge in [-0.05, 0) is 61.2 Å². The molecular weight excluding hydrogens is 505 g/mol. The lowest BCUT2D eigenvalue weighted by Crippen LogP contribution is -2.42. The lowest BCUT2D eigenvalue weighted by molar-refractivity contribution is -0.131. The average molecular weight is 526 g/mol. The van der Waals surface area contributed by atoms with Gasteiger partial charge in [0.05, 0.1) is 21.4 Å². The molecule has 1 saturated heterocycles. The van der Waals surface area contributed by atoms with Crippen LogP contribution in [0.2, 0.25) is 10.0 Å². The minimum atomic E-state index is -4.50. The number of carbonyl (C=O) groups excluding carboxylic acids is 3. The number of phenols is 1. The number of rotatable bonds is 6. The third-order valence-electron chi connectivity index (χ3n) is 5.62. The van der Waals surface area contributed by atoms with Gasteiger partial charge in [0.1, 0.15) is 12.3 Å². The molecule has 180 valence electrons. The molecule has 1 saturated carbocycles. The summed E-state index contributed by atoms with van der Waals surface area (Å²) in [6, 6.07) is 7.89. The van der Waals surface area contributed by atoms with Crippen molar-refractivity contribution in [3.63, 3.8) is 0 Å². The third kappa shape index (κ3) is 5.13. The number of nitrogens with one attached hydrogen (secondary N) is 2. The van der Waals surface area contributed by atoms with Crippen molar-refractivity contribution in [3.8, 4) is 5.75 Å². The number of hydrogen-bond donors (Lipinski definition) is 3.